The molecule has 0 aromatic heterocycles. The van der Waals surface area contributed by atoms with Gasteiger partial charge >= 0.3 is 11.9 Å². The summed E-state index contributed by atoms with van der Waals surface area (Å²) >= 11 is 5.77. The van der Waals surface area contributed by atoms with Crippen LogP contribution < -0.4 is 0 Å². The van der Waals surface area contributed by atoms with Crippen LogP contribution >= 0.6 is 31.9 Å². The zero-order valence-corrected chi connectivity index (χ0v) is 12.8. The summed E-state index contributed by atoms with van der Waals surface area (Å²) in [5.74, 6) is -2.60. The Morgan fingerprint density at radius 1 is 0.944 bits per heavy atom. The van der Waals surface area contributed by atoms with Gasteiger partial charge in [0.05, 0.1) is 4.83 Å². The van der Waals surface area contributed by atoms with Crippen LogP contribution in [0.1, 0.15) is 13.8 Å². The summed E-state index contributed by atoms with van der Waals surface area (Å²) in [6.07, 6.45) is 1.81. The minimum atomic E-state index is -1.10. The second kappa shape index (κ2) is 9.95. The van der Waals surface area contributed by atoms with Crippen LogP contribution in [0.3, 0.4) is 0 Å². The van der Waals surface area contributed by atoms with Crippen molar-refractivity contribution < 1.29 is 29.4 Å². The molecule has 18 heavy (non-hydrogen) atoms. The summed E-state index contributed by atoms with van der Waals surface area (Å²) in [5, 5.41) is 16.3. The molecule has 0 spiro atoms. The average molecular weight is 388 g/mol. The lowest BCUT2D eigenvalue weighted by molar-refractivity contribution is -0.137. The Morgan fingerprint density at radius 3 is 1.50 bits per heavy atom. The Morgan fingerprint density at radius 2 is 1.39 bits per heavy atom. The first-order chi connectivity index (χ1) is 8.09. The Hall–Kier alpha value is -1.02. The van der Waals surface area contributed by atoms with E-state index in [1.807, 2.05) is 0 Å². The third-order valence-corrected chi connectivity index (χ3v) is 4.15. The van der Waals surface area contributed by atoms with Gasteiger partial charge in [0.15, 0.2) is 5.78 Å². The average Bonchev–Trinajstić information content (AvgIpc) is 2.24. The Labute approximate surface area is 120 Å². The fraction of sp³-hybridized carbons (Fsp3) is 0.400. The number of carboxylic acids is 2. The van der Waals surface area contributed by atoms with E-state index in [-0.39, 0.29) is 11.6 Å². The molecule has 2 atom stereocenters. The molecule has 0 fully saturated rings. The first-order valence-electron chi connectivity index (χ1n) is 4.52. The molecule has 102 valence electrons. The van der Waals surface area contributed by atoms with Crippen LogP contribution in [0.5, 0.6) is 0 Å². The molecule has 0 aliphatic carbocycles. The minimum Gasteiger partial charge on any atom is -0.480 e. The standard InChI is InChI=1S/C5H6Br2O3.C5H6O3/c1-2(8)3(6)4(7)5(9)10;1-4(6)2-3-5(7)8/h3-4H,1H3,(H,9,10);2-3H,1H3,(H,7,8)/b;3-2+. The summed E-state index contributed by atoms with van der Waals surface area (Å²) in [4.78, 5) is 38.9. The third-order valence-electron chi connectivity index (χ3n) is 1.34. The highest BCUT2D eigenvalue weighted by Crippen LogP contribution is 2.15. The van der Waals surface area contributed by atoms with E-state index in [4.69, 9.17) is 10.2 Å². The van der Waals surface area contributed by atoms with Gasteiger partial charge in [-0.15, -0.1) is 0 Å². The Balaban J connectivity index is 0. The van der Waals surface area contributed by atoms with Crippen molar-refractivity contribution in [2.75, 3.05) is 0 Å². The van der Waals surface area contributed by atoms with Crippen LogP contribution in [0.25, 0.3) is 0 Å². The monoisotopic (exact) mass is 386 g/mol. The van der Waals surface area contributed by atoms with Crippen LogP contribution in [0, 0.1) is 0 Å². The van der Waals surface area contributed by atoms with Gasteiger partial charge < -0.3 is 10.2 Å². The van der Waals surface area contributed by atoms with Crippen molar-refractivity contribution in [2.45, 2.75) is 23.5 Å². The molecule has 0 aromatic carbocycles. The predicted octanol–water partition coefficient (Wildman–Crippen LogP) is 1.40. The molecule has 0 saturated heterocycles. The summed E-state index contributed by atoms with van der Waals surface area (Å²) in [6.45, 7) is 2.62. The first kappa shape index (κ1) is 19.3. The molecule has 8 heteroatoms. The Kier molecular flexibility index (Phi) is 10.7. The first-order valence-corrected chi connectivity index (χ1v) is 6.35. The zero-order chi connectivity index (χ0) is 14.9. The number of aliphatic carboxylic acids is 2. The van der Waals surface area contributed by atoms with Crippen LogP contribution in [-0.4, -0.2) is 43.4 Å². The molecule has 0 bridgehead atoms. The van der Waals surface area contributed by atoms with Crippen molar-refractivity contribution in [3.05, 3.63) is 12.2 Å². The van der Waals surface area contributed by atoms with Gasteiger partial charge in [0.25, 0.3) is 0 Å². The lowest BCUT2D eigenvalue weighted by Crippen LogP contribution is -2.28. The van der Waals surface area contributed by atoms with E-state index in [0.717, 1.165) is 12.2 Å². The van der Waals surface area contributed by atoms with E-state index in [9.17, 15) is 19.2 Å². The highest BCUT2D eigenvalue weighted by Gasteiger charge is 2.26. The molecule has 0 heterocycles. The summed E-state index contributed by atoms with van der Waals surface area (Å²) < 4.78 is 0. The van der Waals surface area contributed by atoms with Crippen LogP contribution in [0.4, 0.5) is 0 Å². The number of carbonyl (C=O) groups is 4. The SMILES string of the molecule is CC(=O)/C=C/C(=O)O.CC(=O)C(Br)C(Br)C(=O)O. The zero-order valence-electron chi connectivity index (χ0n) is 9.59. The van der Waals surface area contributed by atoms with E-state index in [2.05, 4.69) is 31.9 Å². The number of halogens is 2. The highest BCUT2D eigenvalue weighted by atomic mass is 79.9. The predicted molar refractivity (Wildman–Crippen MR) is 71.2 cm³/mol. The van der Waals surface area contributed by atoms with E-state index in [1.54, 1.807) is 0 Å². The number of hydrogen-bond acceptors (Lipinski definition) is 4. The van der Waals surface area contributed by atoms with Crippen LogP contribution in [0.15, 0.2) is 12.2 Å². The van der Waals surface area contributed by atoms with E-state index in [0.29, 0.717) is 0 Å². The third kappa shape index (κ3) is 11.5. The van der Waals surface area contributed by atoms with Crippen molar-refractivity contribution in [1.29, 1.82) is 0 Å². The van der Waals surface area contributed by atoms with Gasteiger partial charge in [-0.3, -0.25) is 14.4 Å². The molecule has 2 unspecified atom stereocenters. The number of alkyl halides is 2. The quantitative estimate of drug-likeness (QED) is 0.545. The Bertz CT molecular complexity index is 329. The largest absolute Gasteiger partial charge is 0.480 e. The maximum atomic E-state index is 10.5. The fourth-order valence-corrected chi connectivity index (χ4v) is 1.12. The number of ketones is 2. The second-order valence-electron chi connectivity index (χ2n) is 3.03. The maximum absolute atomic E-state index is 10.5. The van der Waals surface area contributed by atoms with Crippen LogP contribution in [-0.2, 0) is 19.2 Å². The lowest BCUT2D eigenvalue weighted by atomic mass is 10.2. The van der Waals surface area contributed by atoms with Gasteiger partial charge in [-0.2, -0.15) is 0 Å². The topological polar surface area (TPSA) is 109 Å². The number of rotatable bonds is 5. The molecule has 2 N–H and O–H groups in total. The van der Waals surface area contributed by atoms with E-state index in [1.165, 1.54) is 13.8 Å². The van der Waals surface area contributed by atoms with Crippen LogP contribution in [0.2, 0.25) is 0 Å². The van der Waals surface area contributed by atoms with Crippen molar-refractivity contribution in [3.63, 3.8) is 0 Å². The van der Waals surface area contributed by atoms with Crippen molar-refractivity contribution in [1.82, 2.24) is 0 Å². The molecule has 0 saturated carbocycles. The summed E-state index contributed by atoms with van der Waals surface area (Å²) in [7, 11) is 0. The summed E-state index contributed by atoms with van der Waals surface area (Å²) in [5.41, 5.74) is 0. The van der Waals surface area contributed by atoms with Gasteiger partial charge in [0, 0.05) is 6.08 Å². The molecule has 6 nitrogen and oxygen atoms in total. The molecular weight excluding hydrogens is 376 g/mol. The van der Waals surface area contributed by atoms with Crippen molar-refractivity contribution >= 4 is 55.4 Å². The molecule has 0 rings (SSSR count). The number of hydrogen-bond donors (Lipinski definition) is 2. The number of carboxylic acid groups (broad SMARTS) is 2. The van der Waals surface area contributed by atoms with Gasteiger partial charge in [-0.1, -0.05) is 31.9 Å². The number of allylic oxidation sites excluding steroid dienone is 1. The van der Waals surface area contributed by atoms with Gasteiger partial charge in [-0.05, 0) is 19.9 Å². The molecule has 0 amide bonds. The molecule has 0 aliphatic heterocycles. The summed E-state index contributed by atoms with van der Waals surface area (Å²) in [6, 6.07) is 0. The molecule has 0 aromatic rings. The molecule has 0 radical (unpaired) electrons. The number of Topliss-reactive ketones (excluding diaryl/α,β-unsaturated/α-hetero) is 1. The lowest BCUT2D eigenvalue weighted by Gasteiger charge is -2.07. The number of carbonyl (C=O) groups excluding carboxylic acids is 2. The van der Waals surface area contributed by atoms with Gasteiger partial charge in [-0.25, -0.2) is 4.79 Å². The highest BCUT2D eigenvalue weighted by molar-refractivity contribution is 9.12. The van der Waals surface area contributed by atoms with Gasteiger partial charge in [0.1, 0.15) is 10.6 Å². The normalized spacial score (nSPS) is 13.1. The van der Waals surface area contributed by atoms with E-state index < -0.39 is 21.6 Å². The van der Waals surface area contributed by atoms with Crippen molar-refractivity contribution in [3.8, 4) is 0 Å². The second-order valence-corrected chi connectivity index (χ2v) is 5.01. The van der Waals surface area contributed by atoms with Gasteiger partial charge in [0.2, 0.25) is 0 Å². The minimum absolute atomic E-state index is 0.204. The molecular formula is C10H12Br2O6. The van der Waals surface area contributed by atoms with E-state index >= 15 is 0 Å². The van der Waals surface area contributed by atoms with Crippen molar-refractivity contribution in [2.24, 2.45) is 0 Å². The molecule has 0 aliphatic rings. The smallest absolute Gasteiger partial charge is 0.328 e. The maximum Gasteiger partial charge on any atom is 0.328 e. The fourth-order valence-electron chi connectivity index (χ4n) is 0.520.